The van der Waals surface area contributed by atoms with Gasteiger partial charge in [-0.25, -0.2) is 4.79 Å². The number of aryl methyl sites for hydroxylation is 1. The Morgan fingerprint density at radius 3 is 2.66 bits per heavy atom. The number of carbonyl (C=O) groups excluding carboxylic acids is 1. The number of methoxy groups -OCH3 is 1. The summed E-state index contributed by atoms with van der Waals surface area (Å²) in [5.41, 5.74) is 4.91. The highest BCUT2D eigenvalue weighted by Crippen LogP contribution is 2.41. The van der Waals surface area contributed by atoms with E-state index in [2.05, 4.69) is 25.8 Å². The zero-order chi connectivity index (χ0) is 25.1. The summed E-state index contributed by atoms with van der Waals surface area (Å²) >= 11 is 5.72. The number of esters is 1. The van der Waals surface area contributed by atoms with Crippen molar-refractivity contribution < 1.29 is 19.4 Å². The molecule has 35 heavy (non-hydrogen) atoms. The molecular formula is C26H28N4O4S. The monoisotopic (exact) mass is 492 g/mol. The van der Waals surface area contributed by atoms with Crippen LogP contribution in [0, 0.1) is 13.8 Å². The van der Waals surface area contributed by atoms with Gasteiger partial charge in [0.1, 0.15) is 0 Å². The molecule has 2 atom stereocenters. The van der Waals surface area contributed by atoms with Gasteiger partial charge in [-0.2, -0.15) is 0 Å². The van der Waals surface area contributed by atoms with Crippen molar-refractivity contribution >= 4 is 29.3 Å². The smallest absolute Gasteiger partial charge is 0.335 e. The lowest BCUT2D eigenvalue weighted by Gasteiger charge is -2.28. The van der Waals surface area contributed by atoms with Crippen molar-refractivity contribution in [3.05, 3.63) is 82.9 Å². The molecule has 3 heterocycles. The summed E-state index contributed by atoms with van der Waals surface area (Å²) in [7, 11) is 1.39. The number of thiocarbonyl (C=S) groups is 1. The fraction of sp³-hybridized carbons (Fsp3) is 0.308. The lowest BCUT2D eigenvalue weighted by Crippen LogP contribution is -2.31. The van der Waals surface area contributed by atoms with E-state index in [1.54, 1.807) is 24.4 Å². The van der Waals surface area contributed by atoms with Crippen LogP contribution in [0.25, 0.3) is 5.69 Å². The number of carbonyl (C=O) groups is 2. The Bertz CT molecular complexity index is 1260. The van der Waals surface area contributed by atoms with E-state index in [0.29, 0.717) is 24.5 Å². The van der Waals surface area contributed by atoms with Crippen molar-refractivity contribution in [2.75, 3.05) is 13.7 Å². The van der Waals surface area contributed by atoms with Crippen molar-refractivity contribution in [2.24, 2.45) is 0 Å². The van der Waals surface area contributed by atoms with Crippen LogP contribution in [0.1, 0.15) is 57.9 Å². The van der Waals surface area contributed by atoms with E-state index in [-0.39, 0.29) is 23.6 Å². The molecule has 0 spiro atoms. The minimum absolute atomic E-state index is 0.155. The summed E-state index contributed by atoms with van der Waals surface area (Å²) < 4.78 is 6.86. The van der Waals surface area contributed by atoms with E-state index in [4.69, 9.17) is 17.0 Å². The summed E-state index contributed by atoms with van der Waals surface area (Å²) in [6.07, 6.45) is 2.66. The van der Waals surface area contributed by atoms with Crippen LogP contribution < -0.4 is 5.32 Å². The van der Waals surface area contributed by atoms with Crippen LogP contribution >= 0.6 is 12.2 Å². The molecule has 4 rings (SSSR count). The predicted molar refractivity (Wildman–Crippen MR) is 136 cm³/mol. The standard InChI is InChI=1S/C26H28N4O4S/c1-16-14-20(17(2)30(16)19-9-6-8-18(15-19)25(32)33)24-23(21-10-4-5-12-27-21)28-26(35)29(24)13-7-11-22(31)34-3/h4-6,8-10,12,14-15,23-24H,7,11,13H2,1-3H3,(H,28,35)(H,32,33)/t23-,24+/m0/s1. The van der Waals surface area contributed by atoms with Crippen LogP contribution in [0.2, 0.25) is 0 Å². The normalized spacial score (nSPS) is 17.3. The molecule has 0 amide bonds. The van der Waals surface area contributed by atoms with Crippen molar-refractivity contribution in [2.45, 2.75) is 38.8 Å². The second kappa shape index (κ2) is 10.3. The molecule has 0 aliphatic carbocycles. The lowest BCUT2D eigenvalue weighted by atomic mass is 9.96. The van der Waals surface area contributed by atoms with Gasteiger partial charge in [0.15, 0.2) is 5.11 Å². The Kier molecular flexibility index (Phi) is 7.16. The number of hydrogen-bond donors (Lipinski definition) is 2. The number of hydrogen-bond acceptors (Lipinski definition) is 5. The largest absolute Gasteiger partial charge is 0.478 e. The van der Waals surface area contributed by atoms with Crippen molar-refractivity contribution in [3.63, 3.8) is 0 Å². The highest BCUT2D eigenvalue weighted by Gasteiger charge is 2.41. The molecule has 0 saturated carbocycles. The van der Waals surface area contributed by atoms with E-state index in [0.717, 1.165) is 28.3 Å². The Balaban J connectivity index is 1.76. The lowest BCUT2D eigenvalue weighted by molar-refractivity contribution is -0.140. The third kappa shape index (κ3) is 4.90. The molecule has 182 valence electrons. The number of ether oxygens (including phenoxy) is 1. The summed E-state index contributed by atoms with van der Waals surface area (Å²) in [6.45, 7) is 4.61. The molecule has 1 aromatic carbocycles. The van der Waals surface area contributed by atoms with Crippen LogP contribution in [0.4, 0.5) is 0 Å². The maximum Gasteiger partial charge on any atom is 0.335 e. The number of nitrogens with one attached hydrogen (secondary N) is 1. The number of aromatic nitrogens is 2. The molecule has 1 fully saturated rings. The van der Waals surface area contributed by atoms with E-state index in [1.165, 1.54) is 7.11 Å². The number of carboxylic acid groups (broad SMARTS) is 1. The van der Waals surface area contributed by atoms with E-state index < -0.39 is 5.97 Å². The topological polar surface area (TPSA) is 96.7 Å². The number of pyridine rings is 1. The van der Waals surface area contributed by atoms with Gasteiger partial charge < -0.3 is 24.6 Å². The number of benzene rings is 1. The summed E-state index contributed by atoms with van der Waals surface area (Å²) in [5, 5.41) is 13.5. The number of nitrogens with zero attached hydrogens (tertiary/aromatic N) is 3. The van der Waals surface area contributed by atoms with Gasteiger partial charge in [0.05, 0.1) is 30.5 Å². The SMILES string of the molecule is COC(=O)CCCN1C(=S)N[C@@H](c2ccccn2)[C@H]1c1cc(C)n(-c2cccc(C(=O)O)c2)c1C. The fourth-order valence-corrected chi connectivity index (χ4v) is 5.07. The van der Waals surface area contributed by atoms with Gasteiger partial charge in [-0.05, 0) is 74.4 Å². The van der Waals surface area contributed by atoms with Crippen LogP contribution in [0.15, 0.2) is 54.7 Å². The Labute approximate surface area is 209 Å². The van der Waals surface area contributed by atoms with E-state index in [9.17, 15) is 14.7 Å². The average Bonchev–Trinajstić information content (AvgIpc) is 3.34. The molecule has 9 heteroatoms. The third-order valence-corrected chi connectivity index (χ3v) is 6.70. The van der Waals surface area contributed by atoms with Crippen molar-refractivity contribution in [1.29, 1.82) is 0 Å². The first-order valence-corrected chi connectivity index (χ1v) is 11.8. The Morgan fingerprint density at radius 2 is 1.97 bits per heavy atom. The van der Waals surface area contributed by atoms with Gasteiger partial charge >= 0.3 is 11.9 Å². The van der Waals surface area contributed by atoms with Gasteiger partial charge in [0, 0.05) is 36.2 Å². The predicted octanol–water partition coefficient (Wildman–Crippen LogP) is 4.11. The first-order chi connectivity index (χ1) is 16.8. The minimum Gasteiger partial charge on any atom is -0.478 e. The van der Waals surface area contributed by atoms with Crippen LogP contribution in [0.3, 0.4) is 0 Å². The molecule has 2 N–H and O–H groups in total. The average molecular weight is 493 g/mol. The van der Waals surface area contributed by atoms with Crippen molar-refractivity contribution in [3.8, 4) is 5.69 Å². The second-order valence-corrected chi connectivity index (χ2v) is 8.90. The van der Waals surface area contributed by atoms with Gasteiger partial charge in [-0.15, -0.1) is 0 Å². The third-order valence-electron chi connectivity index (χ3n) is 6.35. The second-order valence-electron chi connectivity index (χ2n) is 8.52. The van der Waals surface area contributed by atoms with Crippen LogP contribution in [0.5, 0.6) is 0 Å². The van der Waals surface area contributed by atoms with Gasteiger partial charge in [-0.3, -0.25) is 9.78 Å². The van der Waals surface area contributed by atoms with Crippen LogP contribution in [-0.2, 0) is 9.53 Å². The van der Waals surface area contributed by atoms with Gasteiger partial charge in [0.25, 0.3) is 0 Å². The fourth-order valence-electron chi connectivity index (χ4n) is 4.74. The van der Waals surface area contributed by atoms with Gasteiger partial charge in [-0.1, -0.05) is 12.1 Å². The van der Waals surface area contributed by atoms with Crippen molar-refractivity contribution in [1.82, 2.24) is 19.8 Å². The molecule has 3 aromatic rings. The van der Waals surface area contributed by atoms with E-state index in [1.807, 2.05) is 38.1 Å². The molecule has 0 bridgehead atoms. The summed E-state index contributed by atoms with van der Waals surface area (Å²) in [5.74, 6) is -1.22. The number of rotatable bonds is 8. The summed E-state index contributed by atoms with van der Waals surface area (Å²) in [4.78, 5) is 29.9. The van der Waals surface area contributed by atoms with E-state index >= 15 is 0 Å². The quantitative estimate of drug-likeness (QED) is 0.358. The molecule has 8 nitrogen and oxygen atoms in total. The first-order valence-electron chi connectivity index (χ1n) is 11.4. The highest BCUT2D eigenvalue weighted by atomic mass is 32.1. The molecule has 1 aliphatic rings. The Hall–Kier alpha value is -3.72. The minimum atomic E-state index is -0.966. The maximum absolute atomic E-state index is 11.7. The Morgan fingerprint density at radius 1 is 1.17 bits per heavy atom. The zero-order valence-electron chi connectivity index (χ0n) is 19.9. The molecular weight excluding hydrogens is 464 g/mol. The zero-order valence-corrected chi connectivity index (χ0v) is 20.7. The maximum atomic E-state index is 11.7. The number of aromatic carboxylic acids is 1. The molecule has 2 aromatic heterocycles. The molecule has 0 unspecified atom stereocenters. The molecule has 1 aliphatic heterocycles. The highest BCUT2D eigenvalue weighted by molar-refractivity contribution is 7.80. The summed E-state index contributed by atoms with van der Waals surface area (Å²) in [6, 6.07) is 14.5. The molecule has 0 radical (unpaired) electrons. The van der Waals surface area contributed by atoms with Gasteiger partial charge in [0.2, 0.25) is 0 Å². The first kappa shape index (κ1) is 24.4. The number of carboxylic acids is 1. The van der Waals surface area contributed by atoms with Crippen LogP contribution in [-0.4, -0.2) is 50.3 Å². The molecule has 1 saturated heterocycles.